The first kappa shape index (κ1) is 14.6. The van der Waals surface area contributed by atoms with Crippen LogP contribution >= 0.6 is 0 Å². The molecule has 1 aliphatic heterocycles. The van der Waals surface area contributed by atoms with Crippen LogP contribution in [0.4, 0.5) is 5.69 Å². The lowest BCUT2D eigenvalue weighted by Crippen LogP contribution is -2.27. The number of benzene rings is 1. The molecule has 0 radical (unpaired) electrons. The van der Waals surface area contributed by atoms with Gasteiger partial charge in [-0.15, -0.1) is 0 Å². The molecule has 2 rings (SSSR count). The number of hydrogen-bond donors (Lipinski definition) is 1. The third-order valence-corrected chi connectivity index (χ3v) is 2.60. The van der Waals surface area contributed by atoms with E-state index in [0.29, 0.717) is 30.4 Å². The zero-order valence-corrected chi connectivity index (χ0v) is 11.5. The third-order valence-electron chi connectivity index (χ3n) is 2.60. The van der Waals surface area contributed by atoms with Crippen molar-refractivity contribution < 1.29 is 28.5 Å². The fourth-order valence-corrected chi connectivity index (χ4v) is 1.60. The van der Waals surface area contributed by atoms with Gasteiger partial charge in [-0.1, -0.05) is 0 Å². The van der Waals surface area contributed by atoms with Gasteiger partial charge in [-0.3, -0.25) is 5.43 Å². The number of hydrazone groups is 1. The van der Waals surface area contributed by atoms with E-state index in [1.54, 1.807) is 18.2 Å². The van der Waals surface area contributed by atoms with Crippen molar-refractivity contribution in [3.63, 3.8) is 0 Å². The van der Waals surface area contributed by atoms with Gasteiger partial charge in [-0.05, 0) is 12.1 Å². The van der Waals surface area contributed by atoms with Crippen molar-refractivity contribution in [3.05, 3.63) is 18.2 Å². The van der Waals surface area contributed by atoms with E-state index >= 15 is 0 Å². The molecule has 1 aromatic rings. The van der Waals surface area contributed by atoms with Crippen molar-refractivity contribution in [3.8, 4) is 11.5 Å². The summed E-state index contributed by atoms with van der Waals surface area (Å²) in [6.45, 7) is 0.946. The summed E-state index contributed by atoms with van der Waals surface area (Å²) >= 11 is 0. The van der Waals surface area contributed by atoms with Crippen molar-refractivity contribution in [2.75, 3.05) is 32.9 Å². The molecule has 8 nitrogen and oxygen atoms in total. The van der Waals surface area contributed by atoms with Crippen LogP contribution in [0.2, 0.25) is 0 Å². The Balaban J connectivity index is 2.17. The molecule has 21 heavy (non-hydrogen) atoms. The highest BCUT2D eigenvalue weighted by Gasteiger charge is 2.22. The zero-order valence-electron chi connectivity index (χ0n) is 11.5. The van der Waals surface area contributed by atoms with Crippen LogP contribution < -0.4 is 14.9 Å². The van der Waals surface area contributed by atoms with Gasteiger partial charge in [-0.2, -0.15) is 5.10 Å². The molecule has 112 valence electrons. The van der Waals surface area contributed by atoms with Gasteiger partial charge in [0.25, 0.3) is 5.71 Å². The first-order valence-corrected chi connectivity index (χ1v) is 6.05. The maximum atomic E-state index is 11.4. The lowest BCUT2D eigenvalue weighted by atomic mass is 10.2. The summed E-state index contributed by atoms with van der Waals surface area (Å²) in [7, 11) is 2.29. The van der Waals surface area contributed by atoms with E-state index in [1.807, 2.05) is 0 Å². The number of ether oxygens (including phenoxy) is 4. The van der Waals surface area contributed by atoms with Crippen molar-refractivity contribution >= 4 is 23.3 Å². The van der Waals surface area contributed by atoms with Gasteiger partial charge < -0.3 is 18.9 Å². The second kappa shape index (κ2) is 6.60. The van der Waals surface area contributed by atoms with Crippen LogP contribution in [-0.2, 0) is 19.1 Å². The molecule has 0 atom stereocenters. The number of methoxy groups -OCH3 is 2. The maximum absolute atomic E-state index is 11.4. The molecule has 1 aliphatic rings. The molecule has 0 aromatic heterocycles. The molecular formula is C13H14N2O6. The van der Waals surface area contributed by atoms with E-state index in [-0.39, 0.29) is 0 Å². The summed E-state index contributed by atoms with van der Waals surface area (Å²) in [5.41, 5.74) is 2.60. The van der Waals surface area contributed by atoms with Crippen molar-refractivity contribution in [1.82, 2.24) is 0 Å². The van der Waals surface area contributed by atoms with E-state index in [0.717, 1.165) is 14.2 Å². The van der Waals surface area contributed by atoms with Crippen LogP contribution in [0.1, 0.15) is 0 Å². The lowest BCUT2D eigenvalue weighted by molar-refractivity contribution is -0.138. The monoisotopic (exact) mass is 294 g/mol. The minimum atomic E-state index is -0.896. The summed E-state index contributed by atoms with van der Waals surface area (Å²) in [5.74, 6) is -0.616. The summed E-state index contributed by atoms with van der Waals surface area (Å²) in [5, 5.41) is 3.71. The molecule has 0 spiro atoms. The first-order valence-electron chi connectivity index (χ1n) is 6.05. The maximum Gasteiger partial charge on any atom is 0.366 e. The SMILES string of the molecule is COC(=O)C(=NNc1ccc2c(c1)OCCO2)C(=O)OC. The van der Waals surface area contributed by atoms with Crippen LogP contribution in [0.5, 0.6) is 11.5 Å². The fraction of sp³-hybridized carbons (Fsp3) is 0.308. The number of carbonyl (C=O) groups is 2. The Bertz CT molecular complexity index is 566. The normalized spacial score (nSPS) is 12.1. The van der Waals surface area contributed by atoms with Gasteiger partial charge >= 0.3 is 11.9 Å². The number of nitrogens with one attached hydrogen (secondary N) is 1. The highest BCUT2D eigenvalue weighted by Crippen LogP contribution is 2.32. The highest BCUT2D eigenvalue weighted by atomic mass is 16.6. The number of rotatable bonds is 4. The lowest BCUT2D eigenvalue weighted by Gasteiger charge is -2.18. The summed E-state index contributed by atoms with van der Waals surface area (Å²) in [4.78, 5) is 22.9. The van der Waals surface area contributed by atoms with Gasteiger partial charge in [0, 0.05) is 6.07 Å². The van der Waals surface area contributed by atoms with E-state index in [4.69, 9.17) is 9.47 Å². The van der Waals surface area contributed by atoms with Crippen molar-refractivity contribution in [2.45, 2.75) is 0 Å². The molecule has 1 heterocycles. The molecule has 8 heteroatoms. The summed E-state index contributed by atoms with van der Waals surface area (Å²) in [6.07, 6.45) is 0. The number of hydrogen-bond acceptors (Lipinski definition) is 8. The quantitative estimate of drug-likeness (QED) is 0.375. The number of nitrogens with zero attached hydrogens (tertiary/aromatic N) is 1. The summed E-state index contributed by atoms with van der Waals surface area (Å²) in [6, 6.07) is 5.01. The molecule has 0 fully saturated rings. The Hall–Kier alpha value is -2.77. The molecule has 1 aromatic carbocycles. The van der Waals surface area contributed by atoms with Gasteiger partial charge in [0.05, 0.1) is 19.9 Å². The van der Waals surface area contributed by atoms with Gasteiger partial charge in [-0.25, -0.2) is 9.59 Å². The molecule has 0 aliphatic carbocycles. The van der Waals surface area contributed by atoms with Crippen LogP contribution in [0.15, 0.2) is 23.3 Å². The predicted octanol–water partition coefficient (Wildman–Crippen LogP) is 0.572. The molecule has 0 unspecified atom stereocenters. The number of fused-ring (bicyclic) bond motifs is 1. The molecule has 0 amide bonds. The minimum Gasteiger partial charge on any atom is -0.486 e. The Morgan fingerprint density at radius 1 is 1.10 bits per heavy atom. The summed E-state index contributed by atoms with van der Waals surface area (Å²) < 4.78 is 19.7. The van der Waals surface area contributed by atoms with Crippen molar-refractivity contribution in [1.29, 1.82) is 0 Å². The minimum absolute atomic E-state index is 0.454. The molecular weight excluding hydrogens is 280 g/mol. The Labute approximate surface area is 120 Å². The standard InChI is InChI=1S/C13H14N2O6/c1-18-12(16)11(13(17)19-2)15-14-8-3-4-9-10(7-8)21-6-5-20-9/h3-4,7,14H,5-6H2,1-2H3. The zero-order chi connectivity index (χ0) is 15.2. The third kappa shape index (κ3) is 3.41. The Morgan fingerprint density at radius 3 is 2.33 bits per heavy atom. The second-order valence-electron chi connectivity index (χ2n) is 3.91. The number of carbonyl (C=O) groups excluding carboxylic acids is 2. The average Bonchev–Trinajstić information content (AvgIpc) is 2.54. The van der Waals surface area contributed by atoms with Crippen molar-refractivity contribution in [2.24, 2.45) is 5.10 Å². The Morgan fingerprint density at radius 2 is 1.71 bits per heavy atom. The molecule has 1 N–H and O–H groups in total. The van der Waals surface area contributed by atoms with Gasteiger partial charge in [0.2, 0.25) is 0 Å². The van der Waals surface area contributed by atoms with Crippen LogP contribution in [0.25, 0.3) is 0 Å². The predicted molar refractivity (Wildman–Crippen MR) is 72.5 cm³/mol. The van der Waals surface area contributed by atoms with Crippen LogP contribution in [-0.4, -0.2) is 45.1 Å². The van der Waals surface area contributed by atoms with Gasteiger partial charge in [0.1, 0.15) is 13.2 Å². The number of anilines is 1. The fourth-order valence-electron chi connectivity index (χ4n) is 1.60. The average molecular weight is 294 g/mol. The first-order chi connectivity index (χ1) is 10.2. The second-order valence-corrected chi connectivity index (χ2v) is 3.91. The van der Waals surface area contributed by atoms with Crippen LogP contribution in [0.3, 0.4) is 0 Å². The highest BCUT2D eigenvalue weighted by molar-refractivity contribution is 6.62. The van der Waals surface area contributed by atoms with Crippen LogP contribution in [0, 0.1) is 0 Å². The van der Waals surface area contributed by atoms with E-state index < -0.39 is 17.7 Å². The topological polar surface area (TPSA) is 95.5 Å². The molecule has 0 bridgehead atoms. The van der Waals surface area contributed by atoms with E-state index in [2.05, 4.69) is 20.0 Å². The van der Waals surface area contributed by atoms with E-state index in [1.165, 1.54) is 0 Å². The molecule has 0 saturated heterocycles. The number of esters is 2. The smallest absolute Gasteiger partial charge is 0.366 e. The van der Waals surface area contributed by atoms with E-state index in [9.17, 15) is 9.59 Å². The Kier molecular flexibility index (Phi) is 4.60. The van der Waals surface area contributed by atoms with Gasteiger partial charge in [0.15, 0.2) is 11.5 Å². The molecule has 0 saturated carbocycles. The largest absolute Gasteiger partial charge is 0.486 e.